The topological polar surface area (TPSA) is 71.5 Å². The SMILES string of the molecule is CCN1CC(n2cnc(-c3ccccc3)c2-c2ccc(CO)o2)CC1=O. The van der Waals surface area contributed by atoms with Gasteiger partial charge in [0.15, 0.2) is 5.76 Å². The molecule has 6 heteroatoms. The number of aromatic nitrogens is 2. The molecule has 1 unspecified atom stereocenters. The number of furan rings is 1. The zero-order chi connectivity index (χ0) is 18.1. The minimum Gasteiger partial charge on any atom is -0.457 e. The number of carbonyl (C=O) groups is 1. The van der Waals surface area contributed by atoms with E-state index in [4.69, 9.17) is 4.42 Å². The molecule has 1 aliphatic rings. The lowest BCUT2D eigenvalue weighted by Gasteiger charge is -2.16. The van der Waals surface area contributed by atoms with Crippen LogP contribution in [0.25, 0.3) is 22.7 Å². The smallest absolute Gasteiger partial charge is 0.224 e. The molecule has 0 radical (unpaired) electrons. The molecule has 1 amide bonds. The maximum absolute atomic E-state index is 12.2. The number of imidazole rings is 1. The highest BCUT2D eigenvalue weighted by atomic mass is 16.4. The van der Waals surface area contributed by atoms with Crippen molar-refractivity contribution in [2.24, 2.45) is 0 Å². The van der Waals surface area contributed by atoms with E-state index in [0.717, 1.165) is 17.0 Å². The standard InChI is InChI=1S/C20H21N3O3/c1-2-22-11-15(10-18(22)25)23-13-21-19(14-6-4-3-5-7-14)20(23)17-9-8-16(12-24)26-17/h3-9,13,15,24H,2,10-12H2,1H3. The van der Waals surface area contributed by atoms with Gasteiger partial charge in [-0.05, 0) is 19.1 Å². The van der Waals surface area contributed by atoms with Gasteiger partial charge in [0.2, 0.25) is 5.91 Å². The molecule has 1 saturated heterocycles. The van der Waals surface area contributed by atoms with E-state index < -0.39 is 0 Å². The van der Waals surface area contributed by atoms with Gasteiger partial charge in [-0.2, -0.15) is 0 Å². The molecule has 0 spiro atoms. The molecule has 134 valence electrons. The van der Waals surface area contributed by atoms with Crippen molar-refractivity contribution < 1.29 is 14.3 Å². The van der Waals surface area contributed by atoms with E-state index in [1.54, 1.807) is 12.4 Å². The number of benzene rings is 1. The first kappa shape index (κ1) is 16.6. The van der Waals surface area contributed by atoms with E-state index in [2.05, 4.69) is 4.98 Å². The normalized spacial score (nSPS) is 17.2. The Morgan fingerprint density at radius 2 is 2.04 bits per heavy atom. The van der Waals surface area contributed by atoms with Gasteiger partial charge in [0.05, 0.1) is 18.1 Å². The van der Waals surface area contributed by atoms with Gasteiger partial charge < -0.3 is 19.0 Å². The molecular formula is C20H21N3O3. The maximum Gasteiger partial charge on any atom is 0.224 e. The summed E-state index contributed by atoms with van der Waals surface area (Å²) in [4.78, 5) is 18.7. The molecule has 1 aromatic carbocycles. The lowest BCUT2D eigenvalue weighted by Crippen LogP contribution is -2.24. The van der Waals surface area contributed by atoms with Crippen LogP contribution in [0.2, 0.25) is 0 Å². The van der Waals surface area contributed by atoms with Crippen LogP contribution in [0.15, 0.2) is 53.2 Å². The zero-order valence-corrected chi connectivity index (χ0v) is 14.6. The first-order valence-electron chi connectivity index (χ1n) is 8.81. The summed E-state index contributed by atoms with van der Waals surface area (Å²) < 4.78 is 7.85. The van der Waals surface area contributed by atoms with E-state index in [1.807, 2.05) is 52.8 Å². The maximum atomic E-state index is 12.2. The number of hydrogen-bond acceptors (Lipinski definition) is 4. The Kier molecular flexibility index (Phi) is 4.34. The van der Waals surface area contributed by atoms with Crippen molar-refractivity contribution in [3.05, 3.63) is 54.6 Å². The molecule has 6 nitrogen and oxygen atoms in total. The fourth-order valence-electron chi connectivity index (χ4n) is 3.52. The van der Waals surface area contributed by atoms with Crippen LogP contribution in [0.1, 0.15) is 25.1 Å². The molecule has 2 aromatic heterocycles. The molecule has 1 N–H and O–H groups in total. The number of hydrogen-bond donors (Lipinski definition) is 1. The summed E-state index contributed by atoms with van der Waals surface area (Å²) in [5.41, 5.74) is 2.64. The van der Waals surface area contributed by atoms with Crippen LogP contribution in [0.5, 0.6) is 0 Å². The van der Waals surface area contributed by atoms with Gasteiger partial charge in [0.1, 0.15) is 18.1 Å². The van der Waals surface area contributed by atoms with Crippen LogP contribution in [0.3, 0.4) is 0 Å². The average Bonchev–Trinajstić information content (AvgIpc) is 3.39. The minimum atomic E-state index is -0.152. The Bertz CT molecular complexity index is 914. The van der Waals surface area contributed by atoms with E-state index in [9.17, 15) is 9.90 Å². The van der Waals surface area contributed by atoms with Gasteiger partial charge in [-0.25, -0.2) is 4.98 Å². The number of rotatable bonds is 5. The van der Waals surface area contributed by atoms with Crippen LogP contribution in [-0.4, -0.2) is 38.6 Å². The molecule has 3 heterocycles. The Morgan fingerprint density at radius 3 is 2.69 bits per heavy atom. The Hall–Kier alpha value is -2.86. The molecule has 1 fully saturated rings. The summed E-state index contributed by atoms with van der Waals surface area (Å²) in [6, 6.07) is 13.5. The fourth-order valence-corrected chi connectivity index (χ4v) is 3.52. The first-order chi connectivity index (χ1) is 12.7. The van der Waals surface area contributed by atoms with Gasteiger partial charge >= 0.3 is 0 Å². The highest BCUT2D eigenvalue weighted by molar-refractivity contribution is 5.80. The zero-order valence-electron chi connectivity index (χ0n) is 14.6. The number of likely N-dealkylation sites (N-methyl/N-ethyl adjacent to an activating group) is 1. The molecule has 0 bridgehead atoms. The van der Waals surface area contributed by atoms with Crippen LogP contribution >= 0.6 is 0 Å². The number of nitrogens with zero attached hydrogens (tertiary/aromatic N) is 3. The fraction of sp³-hybridized carbons (Fsp3) is 0.300. The van der Waals surface area contributed by atoms with Crippen LogP contribution in [0.4, 0.5) is 0 Å². The van der Waals surface area contributed by atoms with Crippen molar-refractivity contribution >= 4 is 5.91 Å². The molecular weight excluding hydrogens is 330 g/mol. The van der Waals surface area contributed by atoms with Crippen LogP contribution in [0, 0.1) is 0 Å². The molecule has 0 aliphatic carbocycles. The third-order valence-corrected chi connectivity index (χ3v) is 4.86. The summed E-state index contributed by atoms with van der Waals surface area (Å²) in [6.45, 7) is 3.21. The Labute approximate surface area is 151 Å². The quantitative estimate of drug-likeness (QED) is 0.767. The predicted octanol–water partition coefficient (Wildman–Crippen LogP) is 3.10. The van der Waals surface area contributed by atoms with Crippen molar-refractivity contribution in [1.82, 2.24) is 14.5 Å². The second-order valence-electron chi connectivity index (χ2n) is 6.43. The molecule has 1 aliphatic heterocycles. The second kappa shape index (κ2) is 6.80. The van der Waals surface area contributed by atoms with Crippen LogP contribution < -0.4 is 0 Å². The highest BCUT2D eigenvalue weighted by Crippen LogP contribution is 2.36. The summed E-state index contributed by atoms with van der Waals surface area (Å²) in [6.07, 6.45) is 2.24. The largest absolute Gasteiger partial charge is 0.457 e. The third-order valence-electron chi connectivity index (χ3n) is 4.86. The van der Waals surface area contributed by atoms with Gasteiger partial charge in [0, 0.05) is 25.1 Å². The van der Waals surface area contributed by atoms with Crippen molar-refractivity contribution in [1.29, 1.82) is 0 Å². The summed E-state index contributed by atoms with van der Waals surface area (Å²) in [7, 11) is 0. The van der Waals surface area contributed by atoms with E-state index >= 15 is 0 Å². The Morgan fingerprint density at radius 1 is 1.23 bits per heavy atom. The van der Waals surface area contributed by atoms with E-state index in [-0.39, 0.29) is 18.6 Å². The lowest BCUT2D eigenvalue weighted by atomic mass is 10.1. The first-order valence-corrected chi connectivity index (χ1v) is 8.81. The second-order valence-corrected chi connectivity index (χ2v) is 6.43. The van der Waals surface area contributed by atoms with Crippen molar-refractivity contribution in [2.45, 2.75) is 26.0 Å². The van der Waals surface area contributed by atoms with Gasteiger partial charge in [-0.1, -0.05) is 30.3 Å². The summed E-state index contributed by atoms with van der Waals surface area (Å²) in [5.74, 6) is 1.31. The lowest BCUT2D eigenvalue weighted by molar-refractivity contribution is -0.127. The van der Waals surface area contributed by atoms with Crippen molar-refractivity contribution in [2.75, 3.05) is 13.1 Å². The van der Waals surface area contributed by atoms with Gasteiger partial charge in [-0.3, -0.25) is 4.79 Å². The van der Waals surface area contributed by atoms with E-state index in [0.29, 0.717) is 31.0 Å². The van der Waals surface area contributed by atoms with Crippen molar-refractivity contribution in [3.63, 3.8) is 0 Å². The molecule has 26 heavy (non-hydrogen) atoms. The van der Waals surface area contributed by atoms with Gasteiger partial charge in [-0.15, -0.1) is 0 Å². The van der Waals surface area contributed by atoms with Crippen molar-refractivity contribution in [3.8, 4) is 22.7 Å². The number of likely N-dealkylation sites (tertiary alicyclic amines) is 1. The number of aliphatic hydroxyl groups is 1. The highest BCUT2D eigenvalue weighted by Gasteiger charge is 2.32. The summed E-state index contributed by atoms with van der Waals surface area (Å²) >= 11 is 0. The molecule has 3 aromatic rings. The van der Waals surface area contributed by atoms with Gasteiger partial charge in [0.25, 0.3) is 0 Å². The predicted molar refractivity (Wildman–Crippen MR) is 97.2 cm³/mol. The average molecular weight is 351 g/mol. The molecule has 0 saturated carbocycles. The van der Waals surface area contributed by atoms with E-state index in [1.165, 1.54) is 0 Å². The minimum absolute atomic E-state index is 0.0186. The number of amides is 1. The molecule has 1 atom stereocenters. The number of aliphatic hydroxyl groups excluding tert-OH is 1. The van der Waals surface area contributed by atoms with Crippen LogP contribution in [-0.2, 0) is 11.4 Å². The Balaban J connectivity index is 1.82. The number of carbonyl (C=O) groups excluding carboxylic acids is 1. The summed E-state index contributed by atoms with van der Waals surface area (Å²) in [5, 5.41) is 9.35. The monoisotopic (exact) mass is 351 g/mol. The third kappa shape index (κ3) is 2.82. The molecule has 4 rings (SSSR count).